The van der Waals surface area contributed by atoms with E-state index >= 15 is 0 Å². The predicted octanol–water partition coefficient (Wildman–Crippen LogP) is 0.358. The number of amides is 1. The van der Waals surface area contributed by atoms with Gasteiger partial charge in [-0.1, -0.05) is 20.3 Å². The number of nitrogens with zero attached hydrogens (tertiary/aromatic N) is 1. The highest BCUT2D eigenvalue weighted by Crippen LogP contribution is 1.93. The maximum atomic E-state index is 11.5. The molecule has 7 nitrogen and oxygen atoms in total. The lowest BCUT2D eigenvalue weighted by Crippen LogP contribution is -2.29. The number of nitrogens with two attached hydrogens (primary N) is 1. The Hall–Kier alpha value is -2.15. The molecule has 1 rings (SSSR count). The van der Waals surface area contributed by atoms with Crippen LogP contribution in [0.2, 0.25) is 0 Å². The average Bonchev–Trinajstić information content (AvgIpc) is 2.51. The molecule has 0 aliphatic heterocycles. The van der Waals surface area contributed by atoms with Crippen LogP contribution in [0.1, 0.15) is 38.7 Å². The summed E-state index contributed by atoms with van der Waals surface area (Å²) < 4.78 is 1.24. The number of rotatable bonds is 7. The van der Waals surface area contributed by atoms with Crippen LogP contribution in [-0.4, -0.2) is 28.5 Å². The number of hydrogen-bond donors (Lipinski definition) is 3. The van der Waals surface area contributed by atoms with E-state index in [1.165, 1.54) is 30.0 Å². The molecule has 4 N–H and O–H groups in total. The molecular weight excluding hydrogens is 284 g/mol. The number of carbonyl (C=O) groups is 1. The average molecular weight is 310 g/mol. The topological polar surface area (TPSA) is 110 Å². The van der Waals surface area contributed by atoms with E-state index < -0.39 is 11.2 Å². The minimum Gasteiger partial charge on any atom is -0.353 e. The summed E-state index contributed by atoms with van der Waals surface area (Å²) in [5, 5.41) is 2.71. The summed E-state index contributed by atoms with van der Waals surface area (Å²) in [5.41, 5.74) is 4.62. The second-order valence-electron chi connectivity index (χ2n) is 4.43. The van der Waals surface area contributed by atoms with Crippen LogP contribution >= 0.6 is 0 Å². The molecule has 1 aromatic heterocycles. The molecule has 0 unspecified atom stereocenters. The standard InChI is InChI=1S/C13H20N4O3.C2H6/c1-17-9-10(12(19)16-13(17)20)5-6-11(18)15-8-4-2-3-7-14;1-2/h5-6,9H,2-4,7-8,14H2,1H3,(H,15,18)(H,16,19,20);1-2H3/b6-5+;. The molecule has 0 bridgehead atoms. The quantitative estimate of drug-likeness (QED) is 0.499. The van der Waals surface area contributed by atoms with Gasteiger partial charge in [-0.25, -0.2) is 4.79 Å². The first-order valence-electron chi connectivity index (χ1n) is 7.50. The Balaban J connectivity index is 0.00000211. The zero-order chi connectivity index (χ0) is 17.0. The lowest BCUT2D eigenvalue weighted by Gasteiger charge is -2.01. The van der Waals surface area contributed by atoms with E-state index in [1.54, 1.807) is 0 Å². The Bertz CT molecular complexity index is 587. The maximum Gasteiger partial charge on any atom is 0.328 e. The van der Waals surface area contributed by atoms with Crippen molar-refractivity contribution in [2.45, 2.75) is 33.1 Å². The number of nitrogens with one attached hydrogen (secondary N) is 2. The van der Waals surface area contributed by atoms with Gasteiger partial charge in [0.15, 0.2) is 0 Å². The normalized spacial score (nSPS) is 10.2. The Morgan fingerprint density at radius 3 is 2.64 bits per heavy atom. The van der Waals surface area contributed by atoms with Crippen molar-refractivity contribution >= 4 is 12.0 Å². The monoisotopic (exact) mass is 310 g/mol. The van der Waals surface area contributed by atoms with Gasteiger partial charge < -0.3 is 15.6 Å². The molecule has 0 aliphatic carbocycles. The van der Waals surface area contributed by atoms with Gasteiger partial charge in [-0.3, -0.25) is 14.6 Å². The first-order valence-corrected chi connectivity index (χ1v) is 7.50. The highest BCUT2D eigenvalue weighted by atomic mass is 16.2. The summed E-state index contributed by atoms with van der Waals surface area (Å²) in [6.07, 6.45) is 6.83. The van der Waals surface area contributed by atoms with E-state index in [0.29, 0.717) is 13.1 Å². The summed E-state index contributed by atoms with van der Waals surface area (Å²) in [7, 11) is 1.52. The van der Waals surface area contributed by atoms with Crippen molar-refractivity contribution < 1.29 is 4.79 Å². The predicted molar refractivity (Wildman–Crippen MR) is 88.6 cm³/mol. The minimum absolute atomic E-state index is 0.255. The van der Waals surface area contributed by atoms with Gasteiger partial charge in [-0.05, 0) is 25.5 Å². The molecule has 0 aliphatic rings. The molecule has 0 aromatic carbocycles. The van der Waals surface area contributed by atoms with Crippen LogP contribution in [0, 0.1) is 0 Å². The molecule has 0 fully saturated rings. The lowest BCUT2D eigenvalue weighted by molar-refractivity contribution is -0.116. The molecule has 124 valence electrons. The van der Waals surface area contributed by atoms with Gasteiger partial charge >= 0.3 is 5.69 Å². The highest BCUT2D eigenvalue weighted by Gasteiger charge is 2.00. The van der Waals surface area contributed by atoms with Gasteiger partial charge in [0.1, 0.15) is 0 Å². The van der Waals surface area contributed by atoms with Crippen molar-refractivity contribution in [3.63, 3.8) is 0 Å². The van der Waals surface area contributed by atoms with Gasteiger partial charge in [0.2, 0.25) is 5.91 Å². The van der Waals surface area contributed by atoms with Crippen LogP contribution in [0.5, 0.6) is 0 Å². The number of aryl methyl sites for hydroxylation is 1. The molecule has 0 saturated carbocycles. The van der Waals surface area contributed by atoms with Crippen LogP contribution < -0.4 is 22.3 Å². The molecular formula is C15H26N4O3. The van der Waals surface area contributed by atoms with Crippen molar-refractivity contribution in [2.24, 2.45) is 12.8 Å². The van der Waals surface area contributed by atoms with Crippen molar-refractivity contribution in [1.29, 1.82) is 0 Å². The van der Waals surface area contributed by atoms with Gasteiger partial charge in [0, 0.05) is 25.9 Å². The van der Waals surface area contributed by atoms with Crippen LogP contribution in [0.3, 0.4) is 0 Å². The third kappa shape index (κ3) is 7.58. The van der Waals surface area contributed by atoms with E-state index in [-0.39, 0.29) is 11.5 Å². The van der Waals surface area contributed by atoms with Crippen LogP contribution in [-0.2, 0) is 11.8 Å². The fourth-order valence-electron chi connectivity index (χ4n) is 1.58. The van der Waals surface area contributed by atoms with Crippen molar-refractivity contribution in [3.8, 4) is 0 Å². The van der Waals surface area contributed by atoms with E-state index in [0.717, 1.165) is 19.3 Å². The lowest BCUT2D eigenvalue weighted by atomic mass is 10.2. The number of aromatic nitrogens is 2. The Kier molecular flexibility index (Phi) is 10.4. The zero-order valence-electron chi connectivity index (χ0n) is 13.5. The van der Waals surface area contributed by atoms with Crippen molar-refractivity contribution in [2.75, 3.05) is 13.1 Å². The highest BCUT2D eigenvalue weighted by molar-refractivity contribution is 5.91. The Morgan fingerprint density at radius 1 is 1.32 bits per heavy atom. The SMILES string of the molecule is CC.Cn1cc(/C=C/C(=O)NCCCCCN)c(=O)[nH]c1=O. The molecule has 7 heteroatoms. The molecule has 1 aromatic rings. The summed E-state index contributed by atoms with van der Waals surface area (Å²) in [4.78, 5) is 36.3. The zero-order valence-corrected chi connectivity index (χ0v) is 13.5. The Labute approximate surface area is 130 Å². The number of unbranched alkanes of at least 4 members (excludes halogenated alkanes) is 2. The third-order valence-electron chi connectivity index (χ3n) is 2.73. The van der Waals surface area contributed by atoms with Gasteiger partial charge in [0.05, 0.1) is 5.56 Å². The van der Waals surface area contributed by atoms with E-state index in [4.69, 9.17) is 5.73 Å². The van der Waals surface area contributed by atoms with Crippen molar-refractivity contribution in [1.82, 2.24) is 14.9 Å². The molecule has 22 heavy (non-hydrogen) atoms. The molecule has 0 saturated heterocycles. The first-order chi connectivity index (χ1) is 10.5. The Morgan fingerprint density at radius 2 is 2.00 bits per heavy atom. The minimum atomic E-state index is -0.514. The molecule has 0 spiro atoms. The maximum absolute atomic E-state index is 11.5. The van der Waals surface area contributed by atoms with Crippen LogP contribution in [0.15, 0.2) is 21.9 Å². The van der Waals surface area contributed by atoms with Gasteiger partial charge in [0.25, 0.3) is 5.56 Å². The summed E-state index contributed by atoms with van der Waals surface area (Å²) >= 11 is 0. The smallest absolute Gasteiger partial charge is 0.328 e. The van der Waals surface area contributed by atoms with Crippen LogP contribution in [0.25, 0.3) is 6.08 Å². The second kappa shape index (κ2) is 11.5. The second-order valence-corrected chi connectivity index (χ2v) is 4.43. The number of hydrogen-bond acceptors (Lipinski definition) is 4. The summed E-state index contributed by atoms with van der Waals surface area (Å²) in [6, 6.07) is 0. The van der Waals surface area contributed by atoms with Gasteiger partial charge in [-0.2, -0.15) is 0 Å². The molecule has 1 heterocycles. The third-order valence-corrected chi connectivity index (χ3v) is 2.73. The van der Waals surface area contributed by atoms with Crippen LogP contribution in [0.4, 0.5) is 0 Å². The van der Waals surface area contributed by atoms with E-state index in [9.17, 15) is 14.4 Å². The first kappa shape index (κ1) is 19.9. The largest absolute Gasteiger partial charge is 0.353 e. The molecule has 0 radical (unpaired) electrons. The summed E-state index contributed by atoms with van der Waals surface area (Å²) in [5.74, 6) is -0.272. The van der Waals surface area contributed by atoms with E-state index in [2.05, 4.69) is 10.3 Å². The fraction of sp³-hybridized carbons (Fsp3) is 0.533. The fourth-order valence-corrected chi connectivity index (χ4v) is 1.58. The number of H-pyrrole nitrogens is 1. The molecule has 0 atom stereocenters. The molecule has 1 amide bonds. The van der Waals surface area contributed by atoms with E-state index in [1.807, 2.05) is 13.8 Å². The summed E-state index contributed by atoms with van der Waals surface area (Å²) in [6.45, 7) is 5.23. The number of carbonyl (C=O) groups excluding carboxylic acids is 1. The van der Waals surface area contributed by atoms with Crippen molar-refractivity contribution in [3.05, 3.63) is 38.7 Å². The van der Waals surface area contributed by atoms with Gasteiger partial charge in [-0.15, -0.1) is 0 Å². The number of aromatic amines is 1.